The lowest BCUT2D eigenvalue weighted by molar-refractivity contribution is -0.0355. The first-order valence-electron chi connectivity index (χ1n) is 6.48. The second kappa shape index (κ2) is 5.16. The summed E-state index contributed by atoms with van der Waals surface area (Å²) in [6, 6.07) is 1.20. The van der Waals surface area contributed by atoms with Crippen LogP contribution in [-0.4, -0.2) is 46.0 Å². The zero-order chi connectivity index (χ0) is 14.9. The number of nitrogen functional groups attached to an aromatic ring is 1. The van der Waals surface area contributed by atoms with Crippen molar-refractivity contribution in [2.75, 3.05) is 23.7 Å². The van der Waals surface area contributed by atoms with E-state index in [2.05, 4.69) is 10.3 Å². The first-order chi connectivity index (χ1) is 9.32. The van der Waals surface area contributed by atoms with Crippen LogP contribution in [0.5, 0.6) is 0 Å². The molecule has 0 aromatic carbocycles. The first-order valence-corrected chi connectivity index (χ1v) is 6.48. The molecule has 0 radical (unpaired) electrons. The van der Waals surface area contributed by atoms with Crippen LogP contribution in [0.3, 0.4) is 0 Å². The molecule has 7 nitrogen and oxygen atoms in total. The van der Waals surface area contributed by atoms with Crippen LogP contribution in [0, 0.1) is 5.92 Å². The van der Waals surface area contributed by atoms with E-state index < -0.39 is 17.7 Å². The highest BCUT2D eigenvalue weighted by Gasteiger charge is 2.44. The molecule has 0 aliphatic carbocycles. The van der Waals surface area contributed by atoms with Gasteiger partial charge in [-0.1, -0.05) is 6.92 Å². The van der Waals surface area contributed by atoms with Crippen LogP contribution >= 0.6 is 0 Å². The summed E-state index contributed by atoms with van der Waals surface area (Å²) in [7, 11) is 0. The Morgan fingerprint density at radius 1 is 1.60 bits per heavy atom. The molecule has 110 valence electrons. The van der Waals surface area contributed by atoms with Gasteiger partial charge >= 0.3 is 6.09 Å². The summed E-state index contributed by atoms with van der Waals surface area (Å²) in [5.41, 5.74) is 6.15. The molecule has 0 saturated carbocycles. The zero-order valence-corrected chi connectivity index (χ0v) is 11.6. The van der Waals surface area contributed by atoms with E-state index in [-0.39, 0.29) is 5.92 Å². The summed E-state index contributed by atoms with van der Waals surface area (Å²) in [6.07, 6.45) is 2.06. The fourth-order valence-electron chi connectivity index (χ4n) is 2.56. The van der Waals surface area contributed by atoms with Crippen molar-refractivity contribution < 1.29 is 15.0 Å². The molecular formula is C13H20N4O3. The molecule has 1 aliphatic rings. The van der Waals surface area contributed by atoms with Gasteiger partial charge in [-0.3, -0.25) is 4.98 Å². The van der Waals surface area contributed by atoms with E-state index in [0.29, 0.717) is 18.8 Å². The topological polar surface area (TPSA) is 112 Å². The molecule has 1 aromatic rings. The summed E-state index contributed by atoms with van der Waals surface area (Å²) in [5, 5.41) is 21.8. The molecule has 1 unspecified atom stereocenters. The number of amides is 1. The third kappa shape index (κ3) is 2.62. The Bertz CT molecular complexity index is 506. The third-order valence-electron chi connectivity index (χ3n) is 4.07. The number of aromatic nitrogens is 1. The number of nitrogens with zero attached hydrogens (tertiary/aromatic N) is 2. The van der Waals surface area contributed by atoms with Crippen molar-refractivity contribution in [3.05, 3.63) is 18.5 Å². The number of nitrogens with one attached hydrogen (secondary N) is 1. The van der Waals surface area contributed by atoms with Crippen LogP contribution in [0.25, 0.3) is 0 Å². The molecule has 1 amide bonds. The maximum atomic E-state index is 10.9. The van der Waals surface area contributed by atoms with Gasteiger partial charge in [-0.25, -0.2) is 4.79 Å². The van der Waals surface area contributed by atoms with Gasteiger partial charge in [-0.2, -0.15) is 0 Å². The number of anilines is 2. The van der Waals surface area contributed by atoms with Crippen LogP contribution in [0.1, 0.15) is 13.8 Å². The quantitative estimate of drug-likeness (QED) is 0.628. The minimum absolute atomic E-state index is 0.110. The van der Waals surface area contributed by atoms with Gasteiger partial charge in [0.25, 0.3) is 0 Å². The number of aliphatic hydroxyl groups is 1. The monoisotopic (exact) mass is 280 g/mol. The highest BCUT2D eigenvalue weighted by Crippen LogP contribution is 2.32. The Hall–Kier alpha value is -2.02. The van der Waals surface area contributed by atoms with E-state index in [1.54, 1.807) is 25.4 Å². The fraction of sp³-hybridized carbons (Fsp3) is 0.538. The lowest BCUT2D eigenvalue weighted by Crippen LogP contribution is -2.65. The van der Waals surface area contributed by atoms with Crippen LogP contribution in [-0.2, 0) is 0 Å². The van der Waals surface area contributed by atoms with Crippen molar-refractivity contribution in [3.63, 3.8) is 0 Å². The van der Waals surface area contributed by atoms with E-state index in [1.165, 1.54) is 0 Å². The average Bonchev–Trinajstić information content (AvgIpc) is 2.35. The molecule has 2 rings (SSSR count). The lowest BCUT2D eigenvalue weighted by atomic mass is 9.79. The smallest absolute Gasteiger partial charge is 0.405 e. The molecule has 1 saturated heterocycles. The minimum Gasteiger partial charge on any atom is -0.465 e. The van der Waals surface area contributed by atoms with Gasteiger partial charge in [0.15, 0.2) is 0 Å². The SMILES string of the molecule is C[C@H]1CN(c2ccncc2N)C[C@@H](NC(=O)O)C1(C)O. The molecule has 2 heterocycles. The normalized spacial score (nSPS) is 30.1. The molecule has 0 spiro atoms. The van der Waals surface area contributed by atoms with Gasteiger partial charge in [0.2, 0.25) is 0 Å². The number of pyridine rings is 1. The van der Waals surface area contributed by atoms with Crippen LogP contribution in [0.2, 0.25) is 0 Å². The van der Waals surface area contributed by atoms with Crippen LogP contribution in [0.4, 0.5) is 16.2 Å². The summed E-state index contributed by atoms with van der Waals surface area (Å²) in [5.74, 6) is -0.110. The molecule has 1 aliphatic heterocycles. The Balaban J connectivity index is 2.26. The average molecular weight is 280 g/mol. The Labute approximate surface area is 117 Å². The van der Waals surface area contributed by atoms with Gasteiger partial charge in [0.1, 0.15) is 0 Å². The Morgan fingerprint density at radius 2 is 2.30 bits per heavy atom. The maximum Gasteiger partial charge on any atom is 0.405 e. The summed E-state index contributed by atoms with van der Waals surface area (Å²) >= 11 is 0. The second-order valence-corrected chi connectivity index (χ2v) is 5.47. The molecule has 1 fully saturated rings. The maximum absolute atomic E-state index is 10.9. The molecule has 3 atom stereocenters. The molecule has 0 bridgehead atoms. The van der Waals surface area contributed by atoms with Crippen molar-refractivity contribution in [3.8, 4) is 0 Å². The van der Waals surface area contributed by atoms with E-state index in [0.717, 1.165) is 5.69 Å². The second-order valence-electron chi connectivity index (χ2n) is 5.47. The predicted octanol–water partition coefficient (Wildman–Crippen LogP) is 0.507. The highest BCUT2D eigenvalue weighted by molar-refractivity contribution is 5.68. The summed E-state index contributed by atoms with van der Waals surface area (Å²) in [6.45, 7) is 4.50. The van der Waals surface area contributed by atoms with Crippen molar-refractivity contribution in [1.29, 1.82) is 0 Å². The molecular weight excluding hydrogens is 260 g/mol. The largest absolute Gasteiger partial charge is 0.465 e. The molecule has 7 heteroatoms. The van der Waals surface area contributed by atoms with Crippen molar-refractivity contribution in [1.82, 2.24) is 10.3 Å². The number of rotatable bonds is 2. The summed E-state index contributed by atoms with van der Waals surface area (Å²) < 4.78 is 0. The van der Waals surface area contributed by atoms with Gasteiger partial charge in [-0.15, -0.1) is 0 Å². The van der Waals surface area contributed by atoms with Gasteiger partial charge in [0, 0.05) is 25.2 Å². The van der Waals surface area contributed by atoms with E-state index in [1.807, 2.05) is 11.8 Å². The number of carboxylic acid groups (broad SMARTS) is 1. The van der Waals surface area contributed by atoms with Gasteiger partial charge in [0.05, 0.1) is 29.2 Å². The first kappa shape index (κ1) is 14.4. The number of piperidine rings is 1. The van der Waals surface area contributed by atoms with Crippen molar-refractivity contribution in [2.24, 2.45) is 5.92 Å². The molecule has 20 heavy (non-hydrogen) atoms. The minimum atomic E-state index is -1.15. The van der Waals surface area contributed by atoms with Crippen molar-refractivity contribution >= 4 is 17.5 Å². The number of hydrogen-bond donors (Lipinski definition) is 4. The van der Waals surface area contributed by atoms with E-state index >= 15 is 0 Å². The molecule has 1 aromatic heterocycles. The van der Waals surface area contributed by atoms with Crippen LogP contribution < -0.4 is 16.0 Å². The van der Waals surface area contributed by atoms with Crippen molar-refractivity contribution in [2.45, 2.75) is 25.5 Å². The number of nitrogens with two attached hydrogens (primary N) is 1. The Kier molecular flexibility index (Phi) is 3.71. The standard InChI is InChI=1S/C13H20N4O3/c1-8-6-17(10-3-4-15-5-9(10)14)7-11(13(8,2)20)16-12(18)19/h3-5,8,11,16,20H,6-7,14H2,1-2H3,(H,18,19)/t8-,11+,13?/m0/s1. The zero-order valence-electron chi connectivity index (χ0n) is 11.6. The van der Waals surface area contributed by atoms with Gasteiger partial charge < -0.3 is 26.2 Å². The molecule has 5 N–H and O–H groups in total. The highest BCUT2D eigenvalue weighted by atomic mass is 16.4. The van der Waals surface area contributed by atoms with E-state index in [4.69, 9.17) is 10.8 Å². The predicted molar refractivity (Wildman–Crippen MR) is 75.6 cm³/mol. The fourth-order valence-corrected chi connectivity index (χ4v) is 2.56. The lowest BCUT2D eigenvalue weighted by Gasteiger charge is -2.47. The van der Waals surface area contributed by atoms with E-state index in [9.17, 15) is 9.90 Å². The third-order valence-corrected chi connectivity index (χ3v) is 4.07. The van der Waals surface area contributed by atoms with Gasteiger partial charge in [-0.05, 0) is 13.0 Å². The summed E-state index contributed by atoms with van der Waals surface area (Å²) in [4.78, 5) is 16.8. The number of hydrogen-bond acceptors (Lipinski definition) is 5. The number of carbonyl (C=O) groups is 1. The Morgan fingerprint density at radius 3 is 2.90 bits per heavy atom. The van der Waals surface area contributed by atoms with Crippen LogP contribution in [0.15, 0.2) is 18.5 Å².